The van der Waals surface area contributed by atoms with Crippen LogP contribution in [0, 0.1) is 0 Å². The average Bonchev–Trinajstić information content (AvgIpc) is 2.68. The van der Waals surface area contributed by atoms with Gasteiger partial charge < -0.3 is 14.5 Å². The van der Waals surface area contributed by atoms with Gasteiger partial charge in [0.2, 0.25) is 0 Å². The van der Waals surface area contributed by atoms with Crippen molar-refractivity contribution >= 4 is 11.0 Å². The lowest BCUT2D eigenvalue weighted by Gasteiger charge is -2.20. The van der Waals surface area contributed by atoms with Crippen molar-refractivity contribution in [1.82, 2.24) is 5.32 Å². The van der Waals surface area contributed by atoms with Gasteiger partial charge in [0.05, 0.1) is 13.7 Å². The van der Waals surface area contributed by atoms with E-state index in [0.29, 0.717) is 0 Å². The maximum absolute atomic E-state index is 5.95. The Kier molecular flexibility index (Phi) is 3.35. The Hall–Kier alpha value is -1.48. The SMILES string of the molecule is CNCc1cc2cc(OC)cc(C(C)(C)C)c2o1. The number of hydrogen-bond acceptors (Lipinski definition) is 3. The van der Waals surface area contributed by atoms with Gasteiger partial charge in [0.15, 0.2) is 0 Å². The van der Waals surface area contributed by atoms with Gasteiger partial charge in [-0.05, 0) is 30.7 Å². The molecule has 0 spiro atoms. The van der Waals surface area contributed by atoms with Crippen molar-refractivity contribution in [3.05, 3.63) is 29.5 Å². The lowest BCUT2D eigenvalue weighted by molar-refractivity contribution is 0.413. The van der Waals surface area contributed by atoms with E-state index in [1.54, 1.807) is 7.11 Å². The predicted molar refractivity (Wildman–Crippen MR) is 74.2 cm³/mol. The van der Waals surface area contributed by atoms with Crippen LogP contribution in [0.25, 0.3) is 11.0 Å². The third-order valence-electron chi connectivity index (χ3n) is 3.04. The minimum Gasteiger partial charge on any atom is -0.497 e. The smallest absolute Gasteiger partial charge is 0.138 e. The summed E-state index contributed by atoms with van der Waals surface area (Å²) in [6.07, 6.45) is 0. The zero-order chi connectivity index (χ0) is 13.3. The topological polar surface area (TPSA) is 34.4 Å². The average molecular weight is 247 g/mol. The van der Waals surface area contributed by atoms with Gasteiger partial charge in [-0.3, -0.25) is 0 Å². The Morgan fingerprint density at radius 1 is 1.22 bits per heavy atom. The molecule has 0 atom stereocenters. The summed E-state index contributed by atoms with van der Waals surface area (Å²) in [5, 5.41) is 4.21. The van der Waals surface area contributed by atoms with Crippen LogP contribution in [0.1, 0.15) is 32.1 Å². The normalized spacial score (nSPS) is 12.1. The molecular weight excluding hydrogens is 226 g/mol. The van der Waals surface area contributed by atoms with Crippen LogP contribution in [0.3, 0.4) is 0 Å². The second kappa shape index (κ2) is 4.65. The molecule has 0 saturated carbocycles. The minimum atomic E-state index is 0.0293. The van der Waals surface area contributed by atoms with Crippen molar-refractivity contribution in [3.8, 4) is 5.75 Å². The van der Waals surface area contributed by atoms with Gasteiger partial charge in [-0.1, -0.05) is 20.8 Å². The molecule has 1 aromatic heterocycles. The molecule has 98 valence electrons. The van der Waals surface area contributed by atoms with E-state index in [9.17, 15) is 0 Å². The predicted octanol–water partition coefficient (Wildman–Crippen LogP) is 3.46. The van der Waals surface area contributed by atoms with E-state index in [4.69, 9.17) is 9.15 Å². The molecular formula is C15H21NO2. The van der Waals surface area contributed by atoms with Gasteiger partial charge in [0.1, 0.15) is 17.1 Å². The molecule has 1 N–H and O–H groups in total. The third kappa shape index (κ3) is 2.36. The summed E-state index contributed by atoms with van der Waals surface area (Å²) in [5.41, 5.74) is 2.18. The summed E-state index contributed by atoms with van der Waals surface area (Å²) < 4.78 is 11.3. The van der Waals surface area contributed by atoms with Crippen molar-refractivity contribution in [2.24, 2.45) is 0 Å². The minimum absolute atomic E-state index is 0.0293. The molecule has 0 aliphatic carbocycles. The molecule has 1 heterocycles. The molecule has 3 heteroatoms. The maximum atomic E-state index is 5.95. The Bertz CT molecular complexity index is 549. The fourth-order valence-corrected chi connectivity index (χ4v) is 2.12. The number of methoxy groups -OCH3 is 1. The van der Waals surface area contributed by atoms with E-state index in [0.717, 1.165) is 29.0 Å². The lowest BCUT2D eigenvalue weighted by atomic mass is 9.86. The number of nitrogens with one attached hydrogen (secondary N) is 1. The Labute approximate surface area is 108 Å². The zero-order valence-electron chi connectivity index (χ0n) is 11.8. The quantitative estimate of drug-likeness (QED) is 0.902. The fraction of sp³-hybridized carbons (Fsp3) is 0.467. The van der Waals surface area contributed by atoms with Crippen LogP contribution >= 0.6 is 0 Å². The van der Waals surface area contributed by atoms with Crippen molar-refractivity contribution in [2.75, 3.05) is 14.2 Å². The van der Waals surface area contributed by atoms with Crippen LogP contribution in [0.5, 0.6) is 5.75 Å². The number of furan rings is 1. The van der Waals surface area contributed by atoms with Crippen molar-refractivity contribution in [2.45, 2.75) is 32.7 Å². The van der Waals surface area contributed by atoms with Crippen LogP contribution < -0.4 is 10.1 Å². The zero-order valence-corrected chi connectivity index (χ0v) is 11.8. The number of ether oxygens (including phenoxy) is 1. The highest BCUT2D eigenvalue weighted by Gasteiger charge is 2.21. The molecule has 3 nitrogen and oxygen atoms in total. The fourth-order valence-electron chi connectivity index (χ4n) is 2.12. The molecule has 0 aliphatic rings. The van der Waals surface area contributed by atoms with Gasteiger partial charge in [0, 0.05) is 10.9 Å². The van der Waals surface area contributed by atoms with Gasteiger partial charge in [-0.2, -0.15) is 0 Å². The van der Waals surface area contributed by atoms with Crippen molar-refractivity contribution < 1.29 is 9.15 Å². The molecule has 0 saturated heterocycles. The summed E-state index contributed by atoms with van der Waals surface area (Å²) in [5.74, 6) is 1.83. The highest BCUT2D eigenvalue weighted by molar-refractivity contribution is 5.84. The van der Waals surface area contributed by atoms with Crippen molar-refractivity contribution in [1.29, 1.82) is 0 Å². The Balaban J connectivity index is 2.65. The van der Waals surface area contributed by atoms with Crippen LogP contribution in [0.4, 0.5) is 0 Å². The molecule has 0 amide bonds. The third-order valence-corrected chi connectivity index (χ3v) is 3.04. The van der Waals surface area contributed by atoms with Crippen molar-refractivity contribution in [3.63, 3.8) is 0 Å². The molecule has 18 heavy (non-hydrogen) atoms. The van der Waals surface area contributed by atoms with Gasteiger partial charge in [0.25, 0.3) is 0 Å². The number of hydrogen-bond donors (Lipinski definition) is 1. The first kappa shape index (κ1) is 13.0. The molecule has 1 aromatic carbocycles. The van der Waals surface area contributed by atoms with Crippen LogP contribution in [-0.2, 0) is 12.0 Å². The lowest BCUT2D eigenvalue weighted by Crippen LogP contribution is -2.11. The molecule has 0 radical (unpaired) electrons. The first-order chi connectivity index (χ1) is 8.45. The number of fused-ring (bicyclic) bond motifs is 1. The summed E-state index contributed by atoms with van der Waals surface area (Å²) >= 11 is 0. The second-order valence-corrected chi connectivity index (χ2v) is 5.59. The molecule has 0 fully saturated rings. The van der Waals surface area contributed by atoms with Gasteiger partial charge in [-0.15, -0.1) is 0 Å². The van der Waals surface area contributed by atoms with Crippen LogP contribution in [0.2, 0.25) is 0 Å². The maximum Gasteiger partial charge on any atom is 0.138 e. The van der Waals surface area contributed by atoms with E-state index in [1.807, 2.05) is 13.1 Å². The van der Waals surface area contributed by atoms with E-state index >= 15 is 0 Å². The second-order valence-electron chi connectivity index (χ2n) is 5.59. The molecule has 0 aliphatic heterocycles. The van der Waals surface area contributed by atoms with Gasteiger partial charge in [-0.25, -0.2) is 0 Å². The van der Waals surface area contributed by atoms with E-state index in [-0.39, 0.29) is 5.41 Å². The molecule has 2 rings (SSSR count). The first-order valence-corrected chi connectivity index (χ1v) is 6.21. The standard InChI is InChI=1S/C15H21NO2/c1-15(2,3)13-8-11(17-5)6-10-7-12(9-16-4)18-14(10)13/h6-8,16H,9H2,1-5H3. The van der Waals surface area contributed by atoms with E-state index in [1.165, 1.54) is 5.56 Å². The van der Waals surface area contributed by atoms with E-state index in [2.05, 4.69) is 38.2 Å². The highest BCUT2D eigenvalue weighted by Crippen LogP contribution is 2.35. The van der Waals surface area contributed by atoms with E-state index < -0.39 is 0 Å². The number of rotatable bonds is 3. The molecule has 2 aromatic rings. The number of benzene rings is 1. The highest BCUT2D eigenvalue weighted by atomic mass is 16.5. The Morgan fingerprint density at radius 3 is 2.50 bits per heavy atom. The van der Waals surface area contributed by atoms with Gasteiger partial charge >= 0.3 is 0 Å². The molecule has 0 unspecified atom stereocenters. The largest absolute Gasteiger partial charge is 0.497 e. The van der Waals surface area contributed by atoms with Crippen LogP contribution in [-0.4, -0.2) is 14.2 Å². The first-order valence-electron chi connectivity index (χ1n) is 6.21. The summed E-state index contributed by atoms with van der Waals surface area (Å²) in [6.45, 7) is 7.28. The Morgan fingerprint density at radius 2 is 1.94 bits per heavy atom. The summed E-state index contributed by atoms with van der Waals surface area (Å²) in [7, 11) is 3.61. The monoisotopic (exact) mass is 247 g/mol. The van der Waals surface area contributed by atoms with Crippen LogP contribution in [0.15, 0.2) is 22.6 Å². The summed E-state index contributed by atoms with van der Waals surface area (Å²) in [6, 6.07) is 6.16. The molecule has 0 bridgehead atoms. The summed E-state index contributed by atoms with van der Waals surface area (Å²) in [4.78, 5) is 0.